The maximum Gasteiger partial charge on any atom is 0.215 e. The van der Waals surface area contributed by atoms with Gasteiger partial charge in [-0.05, 0) is 18.6 Å². The van der Waals surface area contributed by atoms with Crippen LogP contribution >= 0.6 is 11.8 Å². The molecule has 2 rings (SSSR count). The molecule has 1 aromatic carbocycles. The maximum atomic E-state index is 12.2. The van der Waals surface area contributed by atoms with Gasteiger partial charge in [-0.3, -0.25) is 0 Å². The molecule has 1 aromatic rings. The van der Waals surface area contributed by atoms with Crippen molar-refractivity contribution in [1.82, 2.24) is 4.31 Å². The summed E-state index contributed by atoms with van der Waals surface area (Å²) in [5, 5.41) is 0. The highest BCUT2D eigenvalue weighted by molar-refractivity contribution is 8.00. The number of para-hydroxylation sites is 1. The van der Waals surface area contributed by atoms with Crippen molar-refractivity contribution in [2.45, 2.75) is 11.3 Å². The monoisotopic (exact) mass is 316 g/mol. The Morgan fingerprint density at radius 3 is 2.85 bits per heavy atom. The molecule has 0 aromatic heterocycles. The molecule has 0 amide bonds. The fourth-order valence-electron chi connectivity index (χ4n) is 2.00. The summed E-state index contributed by atoms with van der Waals surface area (Å²) in [5.74, 6) is 0.639. The summed E-state index contributed by atoms with van der Waals surface area (Å²) in [6, 6.07) is 7.50. The summed E-state index contributed by atoms with van der Waals surface area (Å²) in [5.41, 5.74) is 6.53. The molecule has 0 atom stereocenters. The van der Waals surface area contributed by atoms with E-state index in [1.54, 1.807) is 0 Å². The van der Waals surface area contributed by atoms with Crippen molar-refractivity contribution in [1.29, 1.82) is 0 Å². The van der Waals surface area contributed by atoms with Gasteiger partial charge in [-0.2, -0.15) is 4.31 Å². The zero-order valence-corrected chi connectivity index (χ0v) is 13.0. The van der Waals surface area contributed by atoms with Crippen LogP contribution in [-0.2, 0) is 14.8 Å². The van der Waals surface area contributed by atoms with Gasteiger partial charge in [0.1, 0.15) is 0 Å². The van der Waals surface area contributed by atoms with E-state index in [2.05, 4.69) is 0 Å². The zero-order valence-electron chi connectivity index (χ0n) is 11.3. The molecule has 0 unspecified atom stereocenters. The van der Waals surface area contributed by atoms with Gasteiger partial charge in [-0.1, -0.05) is 12.1 Å². The summed E-state index contributed by atoms with van der Waals surface area (Å²) in [6.45, 7) is 2.14. The fraction of sp³-hybridized carbons (Fsp3) is 0.538. The Bertz CT molecular complexity index is 526. The molecular weight excluding hydrogens is 296 g/mol. The molecule has 0 radical (unpaired) electrons. The number of hydrogen-bond acceptors (Lipinski definition) is 5. The largest absolute Gasteiger partial charge is 0.398 e. The fourth-order valence-corrected chi connectivity index (χ4v) is 4.82. The smallest absolute Gasteiger partial charge is 0.215 e. The molecule has 1 aliphatic rings. The Balaban J connectivity index is 1.87. The lowest BCUT2D eigenvalue weighted by Gasteiger charge is -2.19. The molecular formula is C13H20N2O3S2. The average Bonchev–Trinajstić information content (AvgIpc) is 2.70. The third kappa shape index (κ3) is 4.37. The normalized spacial score (nSPS) is 17.8. The number of ether oxygens (including phenoxy) is 1. The minimum atomic E-state index is -3.20. The van der Waals surface area contributed by atoms with Gasteiger partial charge in [0.05, 0.1) is 12.4 Å². The summed E-state index contributed by atoms with van der Waals surface area (Å²) >= 11 is 1.48. The number of nitrogen functional groups attached to an aromatic ring is 1. The second-order valence-corrected chi connectivity index (χ2v) is 7.79. The number of benzene rings is 1. The van der Waals surface area contributed by atoms with E-state index in [4.69, 9.17) is 10.5 Å². The summed E-state index contributed by atoms with van der Waals surface area (Å²) in [4.78, 5) is 0.932. The highest BCUT2D eigenvalue weighted by atomic mass is 32.2. The number of thioether (sulfide) groups is 1. The standard InChI is InChI=1S/C13H20N2O3S2/c14-12-4-1-2-5-13(12)19-10-11-20(16,17)15-6-3-8-18-9-7-15/h1-2,4-5H,3,6-11,14H2. The van der Waals surface area contributed by atoms with Crippen molar-refractivity contribution >= 4 is 27.5 Å². The van der Waals surface area contributed by atoms with E-state index in [0.29, 0.717) is 37.7 Å². The zero-order chi connectivity index (χ0) is 14.4. The lowest BCUT2D eigenvalue weighted by atomic mass is 10.3. The van der Waals surface area contributed by atoms with Gasteiger partial charge in [0.15, 0.2) is 0 Å². The number of nitrogens with two attached hydrogens (primary N) is 1. The van der Waals surface area contributed by atoms with Gasteiger partial charge in [0, 0.05) is 36.0 Å². The molecule has 2 N–H and O–H groups in total. The predicted molar refractivity (Wildman–Crippen MR) is 82.4 cm³/mol. The van der Waals surface area contributed by atoms with Crippen LogP contribution in [0.1, 0.15) is 6.42 Å². The molecule has 112 valence electrons. The van der Waals surface area contributed by atoms with Crippen molar-refractivity contribution in [3.63, 3.8) is 0 Å². The quantitative estimate of drug-likeness (QED) is 0.657. The molecule has 1 aliphatic heterocycles. The Morgan fingerprint density at radius 2 is 2.05 bits per heavy atom. The van der Waals surface area contributed by atoms with E-state index < -0.39 is 10.0 Å². The van der Waals surface area contributed by atoms with E-state index in [0.717, 1.165) is 11.3 Å². The van der Waals surface area contributed by atoms with Gasteiger partial charge >= 0.3 is 0 Å². The molecule has 20 heavy (non-hydrogen) atoms. The molecule has 5 nitrogen and oxygen atoms in total. The maximum absolute atomic E-state index is 12.2. The SMILES string of the molecule is Nc1ccccc1SCCS(=O)(=O)N1CCCOCC1. The van der Waals surface area contributed by atoms with Crippen LogP contribution in [0.25, 0.3) is 0 Å². The van der Waals surface area contributed by atoms with Crippen LogP contribution in [-0.4, -0.2) is 50.5 Å². The van der Waals surface area contributed by atoms with Gasteiger partial charge in [0.25, 0.3) is 0 Å². The van der Waals surface area contributed by atoms with Crippen molar-refractivity contribution in [2.75, 3.05) is 43.5 Å². The highest BCUT2D eigenvalue weighted by Gasteiger charge is 2.22. The lowest BCUT2D eigenvalue weighted by molar-refractivity contribution is 0.148. The number of rotatable bonds is 5. The van der Waals surface area contributed by atoms with Gasteiger partial charge in [-0.15, -0.1) is 11.8 Å². The van der Waals surface area contributed by atoms with Gasteiger partial charge in [0.2, 0.25) is 10.0 Å². The van der Waals surface area contributed by atoms with Crippen LogP contribution in [0.15, 0.2) is 29.2 Å². The third-order valence-corrected chi connectivity index (χ3v) is 6.31. The van der Waals surface area contributed by atoms with Crippen molar-refractivity contribution in [3.8, 4) is 0 Å². The Labute approximate surface area is 124 Å². The molecule has 0 aliphatic carbocycles. The first-order chi connectivity index (χ1) is 9.59. The first kappa shape index (κ1) is 15.6. The second kappa shape index (κ2) is 7.31. The molecule has 1 saturated heterocycles. The number of hydrogen-bond donors (Lipinski definition) is 1. The minimum Gasteiger partial charge on any atom is -0.398 e. The van der Waals surface area contributed by atoms with E-state index in [1.807, 2.05) is 24.3 Å². The molecule has 1 fully saturated rings. The Hall–Kier alpha value is -0.760. The number of anilines is 1. The topological polar surface area (TPSA) is 72.6 Å². The summed E-state index contributed by atoms with van der Waals surface area (Å²) in [6.07, 6.45) is 0.762. The van der Waals surface area contributed by atoms with Crippen LogP contribution in [0.5, 0.6) is 0 Å². The van der Waals surface area contributed by atoms with Crippen LogP contribution in [0.3, 0.4) is 0 Å². The first-order valence-electron chi connectivity index (χ1n) is 6.62. The first-order valence-corrected chi connectivity index (χ1v) is 9.22. The van der Waals surface area contributed by atoms with Gasteiger partial charge < -0.3 is 10.5 Å². The lowest BCUT2D eigenvalue weighted by Crippen LogP contribution is -2.35. The Kier molecular flexibility index (Phi) is 5.71. The Morgan fingerprint density at radius 1 is 1.25 bits per heavy atom. The second-order valence-electron chi connectivity index (χ2n) is 4.57. The number of nitrogens with zero attached hydrogens (tertiary/aromatic N) is 1. The highest BCUT2D eigenvalue weighted by Crippen LogP contribution is 2.24. The molecule has 7 heteroatoms. The van der Waals surface area contributed by atoms with Gasteiger partial charge in [-0.25, -0.2) is 8.42 Å². The van der Waals surface area contributed by atoms with Crippen molar-refractivity contribution in [2.24, 2.45) is 0 Å². The predicted octanol–water partition coefficient (Wildman–Crippen LogP) is 1.41. The summed E-state index contributed by atoms with van der Waals surface area (Å²) < 4.78 is 31.3. The molecule has 0 saturated carbocycles. The van der Waals surface area contributed by atoms with E-state index >= 15 is 0 Å². The van der Waals surface area contributed by atoms with E-state index in [-0.39, 0.29) is 5.75 Å². The number of sulfonamides is 1. The van der Waals surface area contributed by atoms with Crippen molar-refractivity contribution in [3.05, 3.63) is 24.3 Å². The van der Waals surface area contributed by atoms with E-state index in [1.165, 1.54) is 16.1 Å². The van der Waals surface area contributed by atoms with Crippen molar-refractivity contribution < 1.29 is 13.2 Å². The van der Waals surface area contributed by atoms with Crippen LogP contribution in [0.4, 0.5) is 5.69 Å². The minimum absolute atomic E-state index is 0.131. The van der Waals surface area contributed by atoms with Crippen LogP contribution in [0, 0.1) is 0 Å². The third-order valence-electron chi connectivity index (χ3n) is 3.09. The molecule has 1 heterocycles. The average molecular weight is 316 g/mol. The van der Waals surface area contributed by atoms with E-state index in [9.17, 15) is 8.42 Å². The van der Waals surface area contributed by atoms with Crippen LogP contribution < -0.4 is 5.73 Å². The van der Waals surface area contributed by atoms with Crippen LogP contribution in [0.2, 0.25) is 0 Å². The molecule has 0 spiro atoms. The summed E-state index contributed by atoms with van der Waals surface area (Å²) in [7, 11) is -3.20. The molecule has 0 bridgehead atoms.